The number of piperidine rings is 1. The van der Waals surface area contributed by atoms with Crippen LogP contribution in [0.3, 0.4) is 0 Å². The number of nitrogens with zero attached hydrogens (tertiary/aromatic N) is 1. The van der Waals surface area contributed by atoms with Crippen LogP contribution in [0.15, 0.2) is 23.8 Å². The summed E-state index contributed by atoms with van der Waals surface area (Å²) in [4.78, 5) is 2.56. The molecule has 0 aromatic carbocycles. The maximum absolute atomic E-state index is 10.3. The molecule has 4 heteroatoms. The lowest BCUT2D eigenvalue weighted by molar-refractivity contribution is 0.0461. The first kappa shape index (κ1) is 21.4. The van der Waals surface area contributed by atoms with Gasteiger partial charge in [0.05, 0.1) is 11.5 Å². The summed E-state index contributed by atoms with van der Waals surface area (Å²) >= 11 is 6.21. The van der Waals surface area contributed by atoms with Crippen molar-refractivity contribution in [1.29, 1.82) is 0 Å². The number of aliphatic hydroxyl groups is 1. The number of likely N-dealkylation sites (tertiary alicyclic amines) is 1. The van der Waals surface area contributed by atoms with Crippen LogP contribution < -0.4 is 5.32 Å². The molecule has 2 aliphatic carbocycles. The van der Waals surface area contributed by atoms with E-state index in [-0.39, 0.29) is 22.9 Å². The fraction of sp³-hybridized carbons (Fsp3) is 0.826. The number of hydrogen-bond donors (Lipinski definition) is 2. The SMILES string of the molecule is C[C@@H](O)[C@H](CN1CCC(C2=CCC(Cl)C=C2)C(C)(C)C1)NCC1CCCC1. The highest BCUT2D eigenvalue weighted by atomic mass is 35.5. The van der Waals surface area contributed by atoms with Gasteiger partial charge in [0, 0.05) is 19.1 Å². The quantitative estimate of drug-likeness (QED) is 0.630. The molecule has 0 bridgehead atoms. The predicted octanol–water partition coefficient (Wildman–Crippen LogP) is 4.36. The monoisotopic (exact) mass is 394 g/mol. The molecule has 27 heavy (non-hydrogen) atoms. The van der Waals surface area contributed by atoms with E-state index in [4.69, 9.17) is 11.6 Å². The van der Waals surface area contributed by atoms with Crippen molar-refractivity contribution >= 4 is 11.6 Å². The highest BCUT2D eigenvalue weighted by Gasteiger charge is 2.38. The Morgan fingerprint density at radius 1 is 1.30 bits per heavy atom. The fourth-order valence-corrected chi connectivity index (χ4v) is 5.47. The molecule has 1 saturated heterocycles. The minimum absolute atomic E-state index is 0.162. The molecule has 3 nitrogen and oxygen atoms in total. The molecule has 4 atom stereocenters. The van der Waals surface area contributed by atoms with Gasteiger partial charge in [0.2, 0.25) is 0 Å². The predicted molar refractivity (Wildman–Crippen MR) is 115 cm³/mol. The molecule has 2 N–H and O–H groups in total. The molecule has 2 fully saturated rings. The second kappa shape index (κ2) is 9.43. The highest BCUT2D eigenvalue weighted by Crippen LogP contribution is 2.41. The molecule has 0 spiro atoms. The maximum atomic E-state index is 10.3. The van der Waals surface area contributed by atoms with Crippen molar-refractivity contribution in [1.82, 2.24) is 10.2 Å². The summed E-state index contributed by atoms with van der Waals surface area (Å²) in [5.41, 5.74) is 1.71. The van der Waals surface area contributed by atoms with Crippen LogP contribution in [0.1, 0.15) is 59.3 Å². The van der Waals surface area contributed by atoms with Gasteiger partial charge in [0.15, 0.2) is 0 Å². The van der Waals surface area contributed by atoms with Gasteiger partial charge >= 0.3 is 0 Å². The number of alkyl halides is 1. The van der Waals surface area contributed by atoms with Crippen molar-refractivity contribution < 1.29 is 5.11 Å². The maximum Gasteiger partial charge on any atom is 0.0677 e. The zero-order chi connectivity index (χ0) is 19.4. The molecular weight excluding hydrogens is 356 g/mol. The Balaban J connectivity index is 1.54. The lowest BCUT2D eigenvalue weighted by Crippen LogP contribution is -2.53. The van der Waals surface area contributed by atoms with Gasteiger partial charge in [-0.1, -0.05) is 44.9 Å². The third-order valence-electron chi connectivity index (χ3n) is 6.97. The van der Waals surface area contributed by atoms with Crippen LogP contribution in [0, 0.1) is 17.3 Å². The molecule has 0 aromatic rings. The third-order valence-corrected chi connectivity index (χ3v) is 7.29. The first-order valence-electron chi connectivity index (χ1n) is 11.0. The summed E-state index contributed by atoms with van der Waals surface area (Å²) in [6, 6.07) is 0.170. The van der Waals surface area contributed by atoms with Crippen LogP contribution in [-0.4, -0.2) is 53.7 Å². The fourth-order valence-electron chi connectivity index (χ4n) is 5.31. The second-order valence-corrected chi connectivity index (χ2v) is 10.3. The van der Waals surface area contributed by atoms with Crippen LogP contribution >= 0.6 is 11.6 Å². The summed E-state index contributed by atoms with van der Waals surface area (Å²) in [6.07, 6.45) is 14.0. The van der Waals surface area contributed by atoms with E-state index in [0.717, 1.165) is 38.5 Å². The number of rotatable bonds is 7. The molecule has 2 unspecified atom stereocenters. The van der Waals surface area contributed by atoms with E-state index in [0.29, 0.717) is 5.92 Å². The summed E-state index contributed by atoms with van der Waals surface area (Å²) in [5, 5.41) is 14.2. The van der Waals surface area contributed by atoms with Crippen molar-refractivity contribution in [3.63, 3.8) is 0 Å². The normalized spacial score (nSPS) is 31.7. The number of halogens is 1. The van der Waals surface area contributed by atoms with Gasteiger partial charge in [-0.05, 0) is 68.5 Å². The Hall–Kier alpha value is -0.350. The Labute approximate surface area is 171 Å². The summed E-state index contributed by atoms with van der Waals surface area (Å²) in [7, 11) is 0. The van der Waals surface area contributed by atoms with Gasteiger partial charge in [-0.25, -0.2) is 0 Å². The molecule has 1 saturated carbocycles. The van der Waals surface area contributed by atoms with E-state index in [2.05, 4.69) is 42.3 Å². The molecule has 3 rings (SSSR count). The minimum atomic E-state index is -0.308. The summed E-state index contributed by atoms with van der Waals surface area (Å²) < 4.78 is 0. The average Bonchev–Trinajstić information content (AvgIpc) is 3.12. The zero-order valence-electron chi connectivity index (χ0n) is 17.5. The van der Waals surface area contributed by atoms with Crippen molar-refractivity contribution in [2.45, 2.75) is 76.8 Å². The van der Waals surface area contributed by atoms with Crippen LogP contribution in [0.25, 0.3) is 0 Å². The zero-order valence-corrected chi connectivity index (χ0v) is 18.2. The van der Waals surface area contributed by atoms with Gasteiger partial charge < -0.3 is 15.3 Å². The molecule has 3 aliphatic rings. The minimum Gasteiger partial charge on any atom is -0.392 e. The lowest BCUT2D eigenvalue weighted by atomic mass is 9.69. The summed E-state index contributed by atoms with van der Waals surface area (Å²) in [6.45, 7) is 10.9. The molecule has 154 valence electrons. The molecule has 0 amide bonds. The standard InChI is InChI=1S/C23H39ClN2O/c1-17(27)22(25-14-18-6-4-5-7-18)15-26-13-12-21(23(2,3)16-26)19-8-10-20(24)11-9-19/h8-10,17-18,20-22,25,27H,4-7,11-16H2,1-3H3/t17-,20?,21?,22+/m1/s1. The molecular formula is C23H39ClN2O. The van der Waals surface area contributed by atoms with E-state index < -0.39 is 0 Å². The molecule has 1 aliphatic heterocycles. The second-order valence-electron chi connectivity index (χ2n) is 9.79. The largest absolute Gasteiger partial charge is 0.392 e. The van der Waals surface area contributed by atoms with Crippen molar-refractivity contribution in [2.24, 2.45) is 17.3 Å². The van der Waals surface area contributed by atoms with Gasteiger partial charge in [-0.15, -0.1) is 11.6 Å². The van der Waals surface area contributed by atoms with Crippen LogP contribution in [0.5, 0.6) is 0 Å². The average molecular weight is 395 g/mol. The van der Waals surface area contributed by atoms with Gasteiger partial charge in [-0.2, -0.15) is 0 Å². The Morgan fingerprint density at radius 2 is 2.04 bits per heavy atom. The van der Waals surface area contributed by atoms with Gasteiger partial charge in [-0.3, -0.25) is 0 Å². The highest BCUT2D eigenvalue weighted by molar-refractivity contribution is 6.22. The topological polar surface area (TPSA) is 35.5 Å². The van der Waals surface area contributed by atoms with Crippen molar-refractivity contribution in [2.75, 3.05) is 26.2 Å². The van der Waals surface area contributed by atoms with E-state index in [9.17, 15) is 5.11 Å². The Morgan fingerprint density at radius 3 is 2.63 bits per heavy atom. The van der Waals surface area contributed by atoms with E-state index in [1.54, 1.807) is 0 Å². The van der Waals surface area contributed by atoms with Crippen molar-refractivity contribution in [3.05, 3.63) is 23.8 Å². The summed E-state index contributed by atoms with van der Waals surface area (Å²) in [5.74, 6) is 1.41. The first-order chi connectivity index (χ1) is 12.8. The number of hydrogen-bond acceptors (Lipinski definition) is 3. The lowest BCUT2D eigenvalue weighted by Gasteiger charge is -2.46. The number of aliphatic hydroxyl groups excluding tert-OH is 1. The number of nitrogens with one attached hydrogen (secondary N) is 1. The van der Waals surface area contributed by atoms with E-state index in [1.807, 2.05) is 6.92 Å². The Kier molecular flexibility index (Phi) is 7.46. The van der Waals surface area contributed by atoms with Gasteiger partial charge in [0.25, 0.3) is 0 Å². The molecule has 1 heterocycles. The third kappa shape index (κ3) is 5.82. The van der Waals surface area contributed by atoms with Crippen LogP contribution in [-0.2, 0) is 0 Å². The molecule has 0 aromatic heterocycles. The van der Waals surface area contributed by atoms with E-state index >= 15 is 0 Å². The van der Waals surface area contributed by atoms with Crippen LogP contribution in [0.4, 0.5) is 0 Å². The first-order valence-corrected chi connectivity index (χ1v) is 11.4. The molecule has 0 radical (unpaired) electrons. The van der Waals surface area contributed by atoms with Gasteiger partial charge in [0.1, 0.15) is 0 Å². The Bertz CT molecular complexity index is 536. The van der Waals surface area contributed by atoms with Crippen LogP contribution in [0.2, 0.25) is 0 Å². The number of allylic oxidation sites excluding steroid dienone is 4. The smallest absolute Gasteiger partial charge is 0.0677 e. The van der Waals surface area contributed by atoms with E-state index in [1.165, 1.54) is 37.7 Å². The van der Waals surface area contributed by atoms with Crippen molar-refractivity contribution in [3.8, 4) is 0 Å².